The maximum atomic E-state index is 6.18. The van der Waals surface area contributed by atoms with E-state index in [-0.39, 0.29) is 6.04 Å². The lowest BCUT2D eigenvalue weighted by atomic mass is 10.0. The lowest BCUT2D eigenvalue weighted by Gasteiger charge is -2.31. The molecular weight excluding hydrogens is 312 g/mol. The maximum absolute atomic E-state index is 6.18. The van der Waals surface area contributed by atoms with E-state index in [1.807, 2.05) is 12.1 Å². The van der Waals surface area contributed by atoms with Gasteiger partial charge in [0.2, 0.25) is 0 Å². The second-order valence-electron chi connectivity index (χ2n) is 5.31. The number of hydrogen-bond donors (Lipinski definition) is 1. The number of halogens is 2. The monoisotopic (exact) mass is 330 g/mol. The van der Waals surface area contributed by atoms with E-state index in [9.17, 15) is 0 Å². The summed E-state index contributed by atoms with van der Waals surface area (Å²) in [5.74, 6) is 0.750. The van der Waals surface area contributed by atoms with Gasteiger partial charge in [0.25, 0.3) is 0 Å². The molecule has 1 saturated heterocycles. The molecule has 100 valence electrons. The second-order valence-corrected chi connectivity index (χ2v) is 6.57. The first-order chi connectivity index (χ1) is 8.52. The molecule has 1 aromatic rings. The molecule has 0 aromatic heterocycles. The fourth-order valence-corrected chi connectivity index (χ4v) is 3.38. The minimum absolute atomic E-state index is 0.274. The summed E-state index contributed by atoms with van der Waals surface area (Å²) < 4.78 is 0.937. The van der Waals surface area contributed by atoms with Crippen molar-refractivity contribution in [2.24, 2.45) is 11.7 Å². The number of nitrogens with zero attached hydrogens (tertiary/aromatic N) is 1. The van der Waals surface area contributed by atoms with E-state index in [0.29, 0.717) is 12.6 Å². The minimum Gasteiger partial charge on any atom is -0.329 e. The van der Waals surface area contributed by atoms with Gasteiger partial charge in [0.15, 0.2) is 0 Å². The van der Waals surface area contributed by atoms with E-state index in [1.165, 1.54) is 12.0 Å². The van der Waals surface area contributed by atoms with Crippen LogP contribution >= 0.6 is 27.5 Å². The summed E-state index contributed by atoms with van der Waals surface area (Å²) in [7, 11) is 0. The third-order valence-electron chi connectivity index (χ3n) is 3.78. The van der Waals surface area contributed by atoms with Gasteiger partial charge >= 0.3 is 0 Å². The molecule has 0 amide bonds. The van der Waals surface area contributed by atoms with Crippen molar-refractivity contribution in [3.63, 3.8) is 0 Å². The van der Waals surface area contributed by atoms with Crippen LogP contribution in [-0.4, -0.2) is 24.0 Å². The Morgan fingerprint density at radius 3 is 2.72 bits per heavy atom. The molecule has 0 radical (unpaired) electrons. The molecule has 0 aliphatic carbocycles. The summed E-state index contributed by atoms with van der Waals surface area (Å²) in [5, 5.41) is 0.755. The fraction of sp³-hybridized carbons (Fsp3) is 0.571. The first-order valence-electron chi connectivity index (χ1n) is 6.43. The van der Waals surface area contributed by atoms with Crippen molar-refractivity contribution in [2.75, 3.05) is 13.1 Å². The van der Waals surface area contributed by atoms with E-state index in [1.54, 1.807) is 0 Å². The summed E-state index contributed by atoms with van der Waals surface area (Å²) in [6.07, 6.45) is 1.25. The Morgan fingerprint density at radius 2 is 2.22 bits per heavy atom. The van der Waals surface area contributed by atoms with Gasteiger partial charge in [-0.15, -0.1) is 0 Å². The Hall–Kier alpha value is -0.0900. The Morgan fingerprint density at radius 1 is 1.50 bits per heavy atom. The highest BCUT2D eigenvalue weighted by Gasteiger charge is 2.31. The molecule has 2 rings (SSSR count). The topological polar surface area (TPSA) is 29.3 Å². The van der Waals surface area contributed by atoms with Gasteiger partial charge in [-0.3, -0.25) is 4.90 Å². The van der Waals surface area contributed by atoms with Crippen molar-refractivity contribution in [3.05, 3.63) is 33.3 Å². The molecule has 0 saturated carbocycles. The number of benzene rings is 1. The smallest absolute Gasteiger partial charge is 0.0551 e. The molecule has 1 fully saturated rings. The van der Waals surface area contributed by atoms with Gasteiger partial charge in [0, 0.05) is 29.6 Å². The SMILES string of the molecule is CC1CC(C)N(C(CN)c2ccc(Br)c(Cl)c2)C1. The fourth-order valence-electron chi connectivity index (χ4n) is 2.95. The number of nitrogens with two attached hydrogens (primary N) is 1. The number of hydrogen-bond acceptors (Lipinski definition) is 2. The van der Waals surface area contributed by atoms with E-state index < -0.39 is 0 Å². The van der Waals surface area contributed by atoms with E-state index >= 15 is 0 Å². The summed E-state index contributed by atoms with van der Waals surface area (Å²) in [6.45, 7) is 6.34. The van der Waals surface area contributed by atoms with Crippen LogP contribution in [-0.2, 0) is 0 Å². The predicted molar refractivity (Wildman–Crippen MR) is 80.9 cm³/mol. The van der Waals surface area contributed by atoms with Crippen LogP contribution < -0.4 is 5.73 Å². The normalized spacial score (nSPS) is 26.5. The van der Waals surface area contributed by atoms with Gasteiger partial charge in [-0.05, 0) is 52.9 Å². The zero-order valence-corrected chi connectivity index (χ0v) is 13.2. The Bertz CT molecular complexity index is 424. The highest BCUT2D eigenvalue weighted by Crippen LogP contribution is 2.33. The molecular formula is C14H20BrClN2. The Labute approximate surface area is 123 Å². The van der Waals surface area contributed by atoms with Crippen molar-refractivity contribution in [1.82, 2.24) is 4.90 Å². The van der Waals surface area contributed by atoms with E-state index in [2.05, 4.69) is 40.7 Å². The molecule has 3 unspecified atom stereocenters. The van der Waals surface area contributed by atoms with Gasteiger partial charge in [-0.2, -0.15) is 0 Å². The number of likely N-dealkylation sites (tertiary alicyclic amines) is 1. The third-order valence-corrected chi connectivity index (χ3v) is 5.02. The van der Waals surface area contributed by atoms with Crippen LogP contribution in [0.15, 0.2) is 22.7 Å². The average Bonchev–Trinajstić information content (AvgIpc) is 2.64. The minimum atomic E-state index is 0.274. The summed E-state index contributed by atoms with van der Waals surface area (Å²) in [6, 6.07) is 7.01. The summed E-state index contributed by atoms with van der Waals surface area (Å²) >= 11 is 9.61. The lowest BCUT2D eigenvalue weighted by Crippen LogP contribution is -2.36. The quantitative estimate of drug-likeness (QED) is 0.912. The largest absolute Gasteiger partial charge is 0.329 e. The molecule has 2 N–H and O–H groups in total. The maximum Gasteiger partial charge on any atom is 0.0551 e. The van der Waals surface area contributed by atoms with Gasteiger partial charge in [-0.25, -0.2) is 0 Å². The van der Waals surface area contributed by atoms with Gasteiger partial charge in [-0.1, -0.05) is 24.6 Å². The molecule has 2 nitrogen and oxygen atoms in total. The van der Waals surface area contributed by atoms with E-state index in [4.69, 9.17) is 17.3 Å². The third kappa shape index (κ3) is 2.90. The van der Waals surface area contributed by atoms with Crippen LogP contribution in [0.2, 0.25) is 5.02 Å². The molecule has 1 aliphatic heterocycles. The lowest BCUT2D eigenvalue weighted by molar-refractivity contribution is 0.192. The molecule has 3 atom stereocenters. The highest BCUT2D eigenvalue weighted by atomic mass is 79.9. The van der Waals surface area contributed by atoms with Gasteiger partial charge in [0.1, 0.15) is 0 Å². The predicted octanol–water partition coefficient (Wildman–Crippen LogP) is 3.83. The van der Waals surface area contributed by atoms with Gasteiger partial charge in [0.05, 0.1) is 5.02 Å². The first kappa shape index (κ1) is 14.3. The molecule has 4 heteroatoms. The molecule has 0 bridgehead atoms. The van der Waals surface area contributed by atoms with Crippen molar-refractivity contribution in [1.29, 1.82) is 0 Å². The van der Waals surface area contributed by atoms with Crippen molar-refractivity contribution in [3.8, 4) is 0 Å². The van der Waals surface area contributed by atoms with Crippen LogP contribution in [0.1, 0.15) is 31.9 Å². The Kier molecular flexibility index (Phi) is 4.70. The zero-order valence-electron chi connectivity index (χ0n) is 10.9. The Balaban J connectivity index is 2.25. The van der Waals surface area contributed by atoms with Crippen molar-refractivity contribution < 1.29 is 0 Å². The summed E-state index contributed by atoms with van der Waals surface area (Å²) in [4.78, 5) is 2.50. The van der Waals surface area contributed by atoms with Crippen LogP contribution in [0.5, 0.6) is 0 Å². The molecule has 1 aliphatic rings. The number of rotatable bonds is 3. The van der Waals surface area contributed by atoms with Crippen molar-refractivity contribution in [2.45, 2.75) is 32.4 Å². The van der Waals surface area contributed by atoms with Crippen LogP contribution in [0.3, 0.4) is 0 Å². The van der Waals surface area contributed by atoms with Crippen LogP contribution in [0.4, 0.5) is 0 Å². The standard InChI is InChI=1S/C14H20BrClN2/c1-9-5-10(2)18(8-9)14(7-17)11-3-4-12(15)13(16)6-11/h3-4,6,9-10,14H,5,7-8,17H2,1-2H3. The van der Waals surface area contributed by atoms with E-state index in [0.717, 1.165) is 22.0 Å². The van der Waals surface area contributed by atoms with Crippen LogP contribution in [0, 0.1) is 5.92 Å². The summed E-state index contributed by atoms with van der Waals surface area (Å²) in [5.41, 5.74) is 7.20. The molecule has 1 aromatic carbocycles. The molecule has 0 spiro atoms. The average molecular weight is 332 g/mol. The highest BCUT2D eigenvalue weighted by molar-refractivity contribution is 9.10. The van der Waals surface area contributed by atoms with Gasteiger partial charge < -0.3 is 5.73 Å². The molecule has 1 heterocycles. The second kappa shape index (κ2) is 5.91. The molecule has 18 heavy (non-hydrogen) atoms. The first-order valence-corrected chi connectivity index (χ1v) is 7.60. The van der Waals surface area contributed by atoms with Crippen molar-refractivity contribution >= 4 is 27.5 Å². The zero-order chi connectivity index (χ0) is 13.3. The van der Waals surface area contributed by atoms with Crippen LogP contribution in [0.25, 0.3) is 0 Å².